The van der Waals surface area contributed by atoms with Crippen LogP contribution in [0.1, 0.15) is 5.56 Å². The van der Waals surface area contributed by atoms with E-state index in [0.29, 0.717) is 11.6 Å². The van der Waals surface area contributed by atoms with E-state index in [2.05, 4.69) is 15.9 Å². The van der Waals surface area contributed by atoms with Crippen molar-refractivity contribution in [2.45, 2.75) is 6.54 Å². The van der Waals surface area contributed by atoms with Crippen LogP contribution in [0.4, 0.5) is 11.4 Å². The van der Waals surface area contributed by atoms with E-state index in [1.165, 1.54) is 6.07 Å². The average Bonchev–Trinajstić information content (AvgIpc) is 2.64. The first-order valence-corrected chi connectivity index (χ1v) is 8.49. The molecule has 2 aromatic rings. The van der Waals surface area contributed by atoms with Crippen LogP contribution in [0.3, 0.4) is 0 Å². The summed E-state index contributed by atoms with van der Waals surface area (Å²) in [6.07, 6.45) is 0. The maximum atomic E-state index is 10.9. The Hall–Kier alpha value is -2.31. The number of piperazine rings is 1. The van der Waals surface area contributed by atoms with Crippen LogP contribution in [0.2, 0.25) is 5.02 Å². The van der Waals surface area contributed by atoms with Gasteiger partial charge in [-0.1, -0.05) is 23.7 Å². The van der Waals surface area contributed by atoms with Crippen molar-refractivity contribution in [2.75, 3.05) is 38.2 Å². The standard InChI is InChI=1S/C18H20ClN3O3/c1-25-18-5-3-2-4-17(18)21-10-8-20(9-11-21)13-14-12-15(22(23)24)6-7-16(14)19/h2-7,12H,8-11,13H2,1H3. The fraction of sp³-hybridized carbons (Fsp3) is 0.333. The van der Waals surface area contributed by atoms with Gasteiger partial charge in [0.05, 0.1) is 17.7 Å². The number of rotatable bonds is 5. The number of benzene rings is 2. The maximum Gasteiger partial charge on any atom is 0.269 e. The van der Waals surface area contributed by atoms with E-state index in [4.69, 9.17) is 16.3 Å². The van der Waals surface area contributed by atoms with Gasteiger partial charge in [-0.3, -0.25) is 15.0 Å². The Labute approximate surface area is 151 Å². The van der Waals surface area contributed by atoms with Crippen LogP contribution in [-0.2, 0) is 6.54 Å². The summed E-state index contributed by atoms with van der Waals surface area (Å²) in [4.78, 5) is 15.1. The number of non-ortho nitro benzene ring substituents is 1. The monoisotopic (exact) mass is 361 g/mol. The molecule has 0 saturated carbocycles. The molecule has 132 valence electrons. The molecule has 7 heteroatoms. The Morgan fingerprint density at radius 3 is 2.56 bits per heavy atom. The lowest BCUT2D eigenvalue weighted by Gasteiger charge is -2.36. The van der Waals surface area contributed by atoms with E-state index < -0.39 is 0 Å². The largest absolute Gasteiger partial charge is 0.495 e. The number of nitro benzene ring substituents is 1. The quantitative estimate of drug-likeness (QED) is 0.601. The van der Waals surface area contributed by atoms with E-state index in [1.807, 2.05) is 18.2 Å². The Morgan fingerprint density at radius 2 is 1.88 bits per heavy atom. The van der Waals surface area contributed by atoms with Gasteiger partial charge in [-0.15, -0.1) is 0 Å². The summed E-state index contributed by atoms with van der Waals surface area (Å²) in [7, 11) is 1.68. The van der Waals surface area contributed by atoms with Crippen molar-refractivity contribution in [1.82, 2.24) is 4.90 Å². The van der Waals surface area contributed by atoms with E-state index in [-0.39, 0.29) is 10.6 Å². The zero-order valence-electron chi connectivity index (χ0n) is 14.0. The third kappa shape index (κ3) is 4.03. The fourth-order valence-electron chi connectivity index (χ4n) is 3.07. The van der Waals surface area contributed by atoms with Crippen molar-refractivity contribution < 1.29 is 9.66 Å². The summed E-state index contributed by atoms with van der Waals surface area (Å²) in [6, 6.07) is 12.6. The zero-order chi connectivity index (χ0) is 17.8. The minimum atomic E-state index is -0.389. The normalized spacial score (nSPS) is 15.2. The molecule has 0 aromatic heterocycles. The Kier molecular flexibility index (Phi) is 5.40. The summed E-state index contributed by atoms with van der Waals surface area (Å²) in [5.41, 5.74) is 1.96. The summed E-state index contributed by atoms with van der Waals surface area (Å²) in [5, 5.41) is 11.5. The highest BCUT2D eigenvalue weighted by Crippen LogP contribution is 2.29. The van der Waals surface area contributed by atoms with Gasteiger partial charge in [0, 0.05) is 49.9 Å². The predicted octanol–water partition coefficient (Wildman–Crippen LogP) is 3.58. The van der Waals surface area contributed by atoms with Crippen LogP contribution >= 0.6 is 11.6 Å². The number of halogens is 1. The van der Waals surface area contributed by atoms with Gasteiger partial charge in [0.1, 0.15) is 5.75 Å². The van der Waals surface area contributed by atoms with Gasteiger partial charge in [-0.05, 0) is 23.8 Å². The molecule has 0 N–H and O–H groups in total. The minimum absolute atomic E-state index is 0.0760. The molecule has 0 spiro atoms. The molecule has 0 unspecified atom stereocenters. The maximum absolute atomic E-state index is 10.9. The van der Waals surface area contributed by atoms with Gasteiger partial charge in [0.25, 0.3) is 5.69 Å². The van der Waals surface area contributed by atoms with Crippen molar-refractivity contribution in [3.8, 4) is 5.75 Å². The Morgan fingerprint density at radius 1 is 1.16 bits per heavy atom. The van der Waals surface area contributed by atoms with Crippen molar-refractivity contribution in [2.24, 2.45) is 0 Å². The molecule has 0 radical (unpaired) electrons. The highest BCUT2D eigenvalue weighted by atomic mass is 35.5. The Bertz CT molecular complexity index is 761. The lowest BCUT2D eigenvalue weighted by molar-refractivity contribution is -0.384. The number of anilines is 1. The second-order valence-electron chi connectivity index (χ2n) is 5.97. The lowest BCUT2D eigenvalue weighted by atomic mass is 10.1. The summed E-state index contributed by atoms with van der Waals surface area (Å²) >= 11 is 6.21. The van der Waals surface area contributed by atoms with E-state index >= 15 is 0 Å². The van der Waals surface area contributed by atoms with Crippen LogP contribution < -0.4 is 9.64 Å². The molecule has 0 amide bonds. The molecule has 1 fully saturated rings. The molecule has 3 rings (SSSR count). The second-order valence-corrected chi connectivity index (χ2v) is 6.38. The first kappa shape index (κ1) is 17.5. The highest BCUT2D eigenvalue weighted by molar-refractivity contribution is 6.31. The summed E-state index contributed by atoms with van der Waals surface area (Å²) < 4.78 is 5.44. The minimum Gasteiger partial charge on any atom is -0.495 e. The molecule has 0 bridgehead atoms. The van der Waals surface area contributed by atoms with Crippen molar-refractivity contribution >= 4 is 23.0 Å². The molecular weight excluding hydrogens is 342 g/mol. The van der Waals surface area contributed by atoms with Crippen molar-refractivity contribution in [3.05, 3.63) is 63.2 Å². The molecular formula is C18H20ClN3O3. The smallest absolute Gasteiger partial charge is 0.269 e. The molecule has 25 heavy (non-hydrogen) atoms. The molecule has 1 aliphatic rings. The van der Waals surface area contributed by atoms with Gasteiger partial charge in [0.2, 0.25) is 0 Å². The zero-order valence-corrected chi connectivity index (χ0v) is 14.8. The van der Waals surface area contributed by atoms with Gasteiger partial charge in [-0.25, -0.2) is 0 Å². The lowest BCUT2D eigenvalue weighted by Crippen LogP contribution is -2.46. The Balaban J connectivity index is 1.65. The topological polar surface area (TPSA) is 58.8 Å². The SMILES string of the molecule is COc1ccccc1N1CCN(Cc2cc([N+](=O)[O-])ccc2Cl)CC1. The first-order valence-electron chi connectivity index (χ1n) is 8.11. The first-order chi connectivity index (χ1) is 12.1. The van der Waals surface area contributed by atoms with Crippen LogP contribution in [0.15, 0.2) is 42.5 Å². The van der Waals surface area contributed by atoms with Gasteiger partial charge >= 0.3 is 0 Å². The second kappa shape index (κ2) is 7.72. The molecule has 0 aliphatic carbocycles. The molecule has 2 aromatic carbocycles. The summed E-state index contributed by atoms with van der Waals surface area (Å²) in [6.45, 7) is 4.06. The van der Waals surface area contributed by atoms with Crippen LogP contribution in [0.25, 0.3) is 0 Å². The van der Waals surface area contributed by atoms with Crippen LogP contribution in [0, 0.1) is 10.1 Å². The molecule has 1 saturated heterocycles. The molecule has 1 heterocycles. The molecule has 1 aliphatic heterocycles. The molecule has 6 nitrogen and oxygen atoms in total. The van der Waals surface area contributed by atoms with Gasteiger partial charge in [0.15, 0.2) is 0 Å². The molecule has 0 atom stereocenters. The average molecular weight is 362 g/mol. The highest BCUT2D eigenvalue weighted by Gasteiger charge is 2.21. The number of hydrogen-bond donors (Lipinski definition) is 0. The number of methoxy groups -OCH3 is 1. The fourth-order valence-corrected chi connectivity index (χ4v) is 3.25. The van der Waals surface area contributed by atoms with Crippen LogP contribution in [-0.4, -0.2) is 43.1 Å². The number of nitrogens with zero attached hydrogens (tertiary/aromatic N) is 3. The van der Waals surface area contributed by atoms with E-state index in [9.17, 15) is 10.1 Å². The number of nitro groups is 1. The number of ether oxygens (including phenoxy) is 1. The number of para-hydroxylation sites is 2. The third-order valence-electron chi connectivity index (χ3n) is 4.43. The van der Waals surface area contributed by atoms with E-state index in [1.54, 1.807) is 19.2 Å². The van der Waals surface area contributed by atoms with Gasteiger partial charge < -0.3 is 9.64 Å². The number of hydrogen-bond acceptors (Lipinski definition) is 5. The van der Waals surface area contributed by atoms with Crippen molar-refractivity contribution in [3.63, 3.8) is 0 Å². The third-order valence-corrected chi connectivity index (χ3v) is 4.80. The van der Waals surface area contributed by atoms with E-state index in [0.717, 1.165) is 43.2 Å². The predicted molar refractivity (Wildman–Crippen MR) is 98.6 cm³/mol. The van der Waals surface area contributed by atoms with Crippen molar-refractivity contribution in [1.29, 1.82) is 0 Å². The van der Waals surface area contributed by atoms with Gasteiger partial charge in [-0.2, -0.15) is 0 Å². The van der Waals surface area contributed by atoms with Crippen LogP contribution in [0.5, 0.6) is 5.75 Å². The summed E-state index contributed by atoms with van der Waals surface area (Å²) in [5.74, 6) is 0.873.